The standard InChI is InChI=1S/C8H7ClN2/c1-2-4-11-8-6-10-5-3-7(8)9/h1,3,5-6,11H,4H2. The quantitative estimate of drug-likeness (QED) is 0.678. The van der Waals surface area contributed by atoms with E-state index in [1.807, 2.05) is 0 Å². The normalized spacial score (nSPS) is 8.73. The van der Waals surface area contributed by atoms with E-state index in [2.05, 4.69) is 16.2 Å². The van der Waals surface area contributed by atoms with Crippen LogP contribution in [-0.4, -0.2) is 11.5 Å². The third kappa shape index (κ3) is 2.14. The number of nitrogens with one attached hydrogen (secondary N) is 1. The highest BCUT2D eigenvalue weighted by Gasteiger charge is 1.95. The summed E-state index contributed by atoms with van der Waals surface area (Å²) in [5.41, 5.74) is 0.770. The first-order chi connectivity index (χ1) is 5.34. The molecule has 0 aliphatic heterocycles. The molecule has 0 saturated carbocycles. The van der Waals surface area contributed by atoms with Gasteiger partial charge in [0.1, 0.15) is 0 Å². The Bertz CT molecular complexity index is 278. The molecule has 1 aromatic rings. The third-order valence-electron chi connectivity index (χ3n) is 1.15. The van der Waals surface area contributed by atoms with E-state index in [-0.39, 0.29) is 0 Å². The number of rotatable bonds is 2. The Balaban J connectivity index is 2.71. The van der Waals surface area contributed by atoms with Gasteiger partial charge in [0.25, 0.3) is 0 Å². The molecule has 2 nitrogen and oxygen atoms in total. The van der Waals surface area contributed by atoms with Crippen molar-refractivity contribution in [1.29, 1.82) is 0 Å². The fourth-order valence-corrected chi connectivity index (χ4v) is 0.826. The highest BCUT2D eigenvalue weighted by Crippen LogP contribution is 2.18. The molecule has 0 aliphatic carbocycles. The van der Waals surface area contributed by atoms with Crippen LogP contribution in [0.15, 0.2) is 18.5 Å². The van der Waals surface area contributed by atoms with E-state index >= 15 is 0 Å². The summed E-state index contributed by atoms with van der Waals surface area (Å²) in [5, 5.41) is 3.57. The maximum atomic E-state index is 5.79. The number of aromatic nitrogens is 1. The van der Waals surface area contributed by atoms with Crippen molar-refractivity contribution in [3.8, 4) is 12.3 Å². The molecule has 0 radical (unpaired) electrons. The zero-order valence-electron chi connectivity index (χ0n) is 5.84. The lowest BCUT2D eigenvalue weighted by Gasteiger charge is -2.02. The van der Waals surface area contributed by atoms with Gasteiger partial charge in [-0.2, -0.15) is 0 Å². The van der Waals surface area contributed by atoms with E-state index in [0.29, 0.717) is 11.6 Å². The predicted molar refractivity (Wildman–Crippen MR) is 46.6 cm³/mol. The van der Waals surface area contributed by atoms with E-state index in [0.717, 1.165) is 5.69 Å². The Kier molecular flexibility index (Phi) is 2.76. The summed E-state index contributed by atoms with van der Waals surface area (Å²) in [4.78, 5) is 3.88. The SMILES string of the molecule is C#CCNc1cnccc1Cl. The van der Waals surface area contributed by atoms with Gasteiger partial charge in [-0.1, -0.05) is 17.5 Å². The number of halogens is 1. The summed E-state index contributed by atoms with van der Waals surface area (Å²) in [6, 6.07) is 1.71. The van der Waals surface area contributed by atoms with Crippen molar-refractivity contribution in [3.63, 3.8) is 0 Å². The van der Waals surface area contributed by atoms with Crippen LogP contribution in [0.3, 0.4) is 0 Å². The molecular weight excluding hydrogens is 160 g/mol. The summed E-state index contributed by atoms with van der Waals surface area (Å²) in [6.07, 6.45) is 8.32. The van der Waals surface area contributed by atoms with Crippen LogP contribution in [0.2, 0.25) is 5.02 Å². The summed E-state index contributed by atoms with van der Waals surface area (Å²) >= 11 is 5.79. The van der Waals surface area contributed by atoms with Gasteiger partial charge in [0.2, 0.25) is 0 Å². The van der Waals surface area contributed by atoms with Crippen molar-refractivity contribution in [1.82, 2.24) is 4.98 Å². The molecule has 1 N–H and O–H groups in total. The van der Waals surface area contributed by atoms with E-state index in [1.54, 1.807) is 18.5 Å². The van der Waals surface area contributed by atoms with Crippen LogP contribution in [-0.2, 0) is 0 Å². The first-order valence-electron chi connectivity index (χ1n) is 3.11. The van der Waals surface area contributed by atoms with Gasteiger partial charge >= 0.3 is 0 Å². The van der Waals surface area contributed by atoms with Gasteiger partial charge in [0.05, 0.1) is 23.5 Å². The van der Waals surface area contributed by atoms with Gasteiger partial charge in [-0.15, -0.1) is 6.42 Å². The second kappa shape index (κ2) is 3.85. The summed E-state index contributed by atoms with van der Waals surface area (Å²) < 4.78 is 0. The van der Waals surface area contributed by atoms with Crippen LogP contribution in [0, 0.1) is 12.3 Å². The smallest absolute Gasteiger partial charge is 0.0764 e. The van der Waals surface area contributed by atoms with Gasteiger partial charge in [-0.25, -0.2) is 0 Å². The lowest BCUT2D eigenvalue weighted by Crippen LogP contribution is -1.98. The van der Waals surface area contributed by atoms with Crippen molar-refractivity contribution in [3.05, 3.63) is 23.5 Å². The third-order valence-corrected chi connectivity index (χ3v) is 1.48. The van der Waals surface area contributed by atoms with Gasteiger partial charge in [-0.05, 0) is 6.07 Å². The van der Waals surface area contributed by atoms with E-state index in [9.17, 15) is 0 Å². The molecule has 0 aliphatic rings. The molecule has 0 amide bonds. The van der Waals surface area contributed by atoms with Crippen LogP contribution in [0.5, 0.6) is 0 Å². The van der Waals surface area contributed by atoms with Crippen LogP contribution in [0.25, 0.3) is 0 Å². The second-order valence-corrected chi connectivity index (χ2v) is 2.32. The Hall–Kier alpha value is -1.20. The zero-order valence-corrected chi connectivity index (χ0v) is 6.60. The lowest BCUT2D eigenvalue weighted by atomic mass is 10.4. The minimum atomic E-state index is 0.464. The number of pyridine rings is 1. The van der Waals surface area contributed by atoms with Crippen molar-refractivity contribution in [2.24, 2.45) is 0 Å². The molecule has 0 saturated heterocycles. The zero-order chi connectivity index (χ0) is 8.10. The van der Waals surface area contributed by atoms with Gasteiger partial charge in [-0.3, -0.25) is 4.98 Å². The molecule has 56 valence electrons. The molecule has 0 aromatic carbocycles. The van der Waals surface area contributed by atoms with Crippen LogP contribution in [0.1, 0.15) is 0 Å². The molecule has 0 atom stereocenters. The number of terminal acetylenes is 1. The first-order valence-corrected chi connectivity index (χ1v) is 3.49. The molecule has 0 bridgehead atoms. The van der Waals surface area contributed by atoms with Gasteiger partial charge in [0, 0.05) is 6.20 Å². The Morgan fingerprint density at radius 1 is 1.73 bits per heavy atom. The molecule has 1 heterocycles. The average molecular weight is 167 g/mol. The highest BCUT2D eigenvalue weighted by atomic mass is 35.5. The molecule has 0 unspecified atom stereocenters. The number of hydrogen-bond acceptors (Lipinski definition) is 2. The molecule has 1 rings (SSSR count). The van der Waals surface area contributed by atoms with Gasteiger partial charge < -0.3 is 5.32 Å². The van der Waals surface area contributed by atoms with Crippen molar-refractivity contribution >= 4 is 17.3 Å². The van der Waals surface area contributed by atoms with Crippen molar-refractivity contribution in [2.75, 3.05) is 11.9 Å². The van der Waals surface area contributed by atoms with Crippen molar-refractivity contribution in [2.45, 2.75) is 0 Å². The van der Waals surface area contributed by atoms with Crippen LogP contribution >= 0.6 is 11.6 Å². The Morgan fingerprint density at radius 3 is 3.18 bits per heavy atom. The van der Waals surface area contributed by atoms with Gasteiger partial charge in [0.15, 0.2) is 0 Å². The molecule has 3 heteroatoms. The maximum absolute atomic E-state index is 5.79. The molecule has 0 spiro atoms. The number of nitrogens with zero attached hydrogens (tertiary/aromatic N) is 1. The molecule has 11 heavy (non-hydrogen) atoms. The lowest BCUT2D eigenvalue weighted by molar-refractivity contribution is 1.28. The first kappa shape index (κ1) is 7.90. The minimum Gasteiger partial charge on any atom is -0.372 e. The fraction of sp³-hybridized carbons (Fsp3) is 0.125. The van der Waals surface area contributed by atoms with E-state index < -0.39 is 0 Å². The summed E-state index contributed by atoms with van der Waals surface area (Å²) in [6.45, 7) is 0.464. The molecular formula is C8H7ClN2. The van der Waals surface area contributed by atoms with E-state index in [4.69, 9.17) is 18.0 Å². The van der Waals surface area contributed by atoms with Crippen LogP contribution in [0.4, 0.5) is 5.69 Å². The average Bonchev–Trinajstić information content (AvgIpc) is 2.03. The fourth-order valence-electron chi connectivity index (χ4n) is 0.654. The Labute approximate surface area is 70.6 Å². The van der Waals surface area contributed by atoms with E-state index in [1.165, 1.54) is 0 Å². The summed E-state index contributed by atoms with van der Waals surface area (Å²) in [5.74, 6) is 2.45. The molecule has 0 fully saturated rings. The Morgan fingerprint density at radius 2 is 2.55 bits per heavy atom. The molecule has 1 aromatic heterocycles. The number of hydrogen-bond donors (Lipinski definition) is 1. The van der Waals surface area contributed by atoms with Crippen molar-refractivity contribution < 1.29 is 0 Å². The minimum absolute atomic E-state index is 0.464. The van der Waals surface area contributed by atoms with Crippen LogP contribution < -0.4 is 5.32 Å². The summed E-state index contributed by atoms with van der Waals surface area (Å²) in [7, 11) is 0. The second-order valence-electron chi connectivity index (χ2n) is 1.91. The topological polar surface area (TPSA) is 24.9 Å². The predicted octanol–water partition coefficient (Wildman–Crippen LogP) is 1.78. The monoisotopic (exact) mass is 166 g/mol. The largest absolute Gasteiger partial charge is 0.372 e. The highest BCUT2D eigenvalue weighted by molar-refractivity contribution is 6.33. The maximum Gasteiger partial charge on any atom is 0.0764 e. The number of anilines is 1.